The first-order chi connectivity index (χ1) is 1.91. The molecule has 0 saturated heterocycles. The van der Waals surface area contributed by atoms with Gasteiger partial charge in [0.1, 0.15) is 0 Å². The van der Waals surface area contributed by atoms with Gasteiger partial charge < -0.3 is 0 Å². The second-order valence-corrected chi connectivity index (χ2v) is 0.797. The summed E-state index contributed by atoms with van der Waals surface area (Å²) in [6.07, 6.45) is 1.69. The van der Waals surface area contributed by atoms with Gasteiger partial charge in [0.15, 0.2) is 0 Å². The van der Waals surface area contributed by atoms with E-state index in [-0.39, 0.29) is 0 Å². The van der Waals surface area contributed by atoms with Gasteiger partial charge in [0.25, 0.3) is 0 Å². The second kappa shape index (κ2) is 3.14. The fourth-order valence-corrected chi connectivity index (χ4v) is 0. The van der Waals surface area contributed by atoms with E-state index >= 15 is 0 Å². The minimum atomic E-state index is 1.69. The molecule has 0 fully saturated rings. The first-order valence-corrected chi connectivity index (χ1v) is 1.71. The standard InChI is InChI=1S/C3H4.Cr/c1-3-2;/h1,3H,2H2;. The van der Waals surface area contributed by atoms with Gasteiger partial charge in [-0.25, -0.2) is 0 Å². The van der Waals surface area contributed by atoms with E-state index in [1.807, 2.05) is 0 Å². The van der Waals surface area contributed by atoms with Crippen LogP contribution in [-0.2, 0) is 15.9 Å². The Hall–Kier alpha value is 0.142. The fraction of sp³-hybridized carbons (Fsp3) is 0. The van der Waals surface area contributed by atoms with Crippen LogP contribution in [0.5, 0.6) is 0 Å². The second-order valence-electron chi connectivity index (χ2n) is 0.372. The van der Waals surface area contributed by atoms with E-state index in [0.29, 0.717) is 0 Å². The third kappa shape index (κ3) is 2.14. The van der Waals surface area contributed by atoms with Crippen molar-refractivity contribution >= 4 is 4.88 Å². The molecule has 0 bridgehead atoms. The van der Waals surface area contributed by atoms with Crippen molar-refractivity contribution in [2.24, 2.45) is 0 Å². The number of hydrogen-bond acceptors (Lipinski definition) is 0. The molecule has 0 N–H and O–H groups in total. The van der Waals surface area contributed by atoms with Crippen LogP contribution in [0.4, 0.5) is 0 Å². The molecule has 1 heteroatoms. The van der Waals surface area contributed by atoms with Gasteiger partial charge in [-0.15, -0.1) is 0 Å². The third-order valence-corrected chi connectivity index (χ3v) is 0.397. The van der Waals surface area contributed by atoms with E-state index in [9.17, 15) is 0 Å². The van der Waals surface area contributed by atoms with Crippen molar-refractivity contribution in [2.75, 3.05) is 0 Å². The molecule has 4 heavy (non-hydrogen) atoms. The molecule has 0 atom stereocenters. The predicted octanol–water partition coefficient (Wildman–Crippen LogP) is 0.521. The average molecular weight is 92.1 g/mol. The molecule has 0 nitrogen and oxygen atoms in total. The summed E-state index contributed by atoms with van der Waals surface area (Å²) in [5.41, 5.74) is 0. The Morgan fingerprint density at radius 1 is 1.75 bits per heavy atom. The van der Waals surface area contributed by atoms with Crippen LogP contribution in [0.1, 0.15) is 0 Å². The zero-order valence-electron chi connectivity index (χ0n) is 2.27. The molecule has 22 valence electrons. The van der Waals surface area contributed by atoms with Crippen molar-refractivity contribution in [1.82, 2.24) is 0 Å². The Labute approximate surface area is 34.1 Å². The Morgan fingerprint density at radius 2 is 2.00 bits per heavy atom. The molecule has 0 unspecified atom stereocenters. The van der Waals surface area contributed by atoms with Crippen molar-refractivity contribution in [3.8, 4) is 0 Å². The van der Waals surface area contributed by atoms with Crippen molar-refractivity contribution in [3.63, 3.8) is 0 Å². The zero-order chi connectivity index (χ0) is 3.41. The molecular weight excluding hydrogens is 88.0 g/mol. The molecule has 0 saturated carbocycles. The zero-order valence-corrected chi connectivity index (χ0v) is 3.55. The molecule has 0 aromatic carbocycles. The SMILES string of the molecule is C=C[CH]=[Cr]. The molecule has 0 aromatic heterocycles. The van der Waals surface area contributed by atoms with Gasteiger partial charge in [0, 0.05) is 0 Å². The van der Waals surface area contributed by atoms with Crippen LogP contribution in [0.3, 0.4) is 0 Å². The molecule has 0 radical (unpaired) electrons. The van der Waals surface area contributed by atoms with Gasteiger partial charge in [-0.3, -0.25) is 0 Å². The number of hydrogen-bond donors (Lipinski definition) is 0. The van der Waals surface area contributed by atoms with Crippen LogP contribution in [0.2, 0.25) is 0 Å². The van der Waals surface area contributed by atoms with Gasteiger partial charge in [-0.1, -0.05) is 0 Å². The van der Waals surface area contributed by atoms with Crippen LogP contribution in [-0.4, -0.2) is 4.88 Å². The van der Waals surface area contributed by atoms with E-state index in [2.05, 4.69) is 22.4 Å². The summed E-state index contributed by atoms with van der Waals surface area (Å²) < 4.78 is 0. The Morgan fingerprint density at radius 3 is 2.00 bits per heavy atom. The summed E-state index contributed by atoms with van der Waals surface area (Å²) in [7, 11) is 0. The predicted molar refractivity (Wildman–Crippen MR) is 16.3 cm³/mol. The summed E-state index contributed by atoms with van der Waals surface area (Å²) in [6, 6.07) is 0. The van der Waals surface area contributed by atoms with Crippen LogP contribution in [0.25, 0.3) is 0 Å². The van der Waals surface area contributed by atoms with Crippen LogP contribution >= 0.6 is 0 Å². The van der Waals surface area contributed by atoms with Crippen LogP contribution < -0.4 is 0 Å². The summed E-state index contributed by atoms with van der Waals surface area (Å²) >= 11 is 2.65. The van der Waals surface area contributed by atoms with Crippen LogP contribution in [0.15, 0.2) is 12.7 Å². The Kier molecular flexibility index (Phi) is 3.25. The van der Waals surface area contributed by atoms with E-state index in [1.165, 1.54) is 0 Å². The quantitative estimate of drug-likeness (QED) is 0.442. The maximum atomic E-state index is 3.39. The monoisotopic (exact) mass is 92.0 g/mol. The summed E-state index contributed by atoms with van der Waals surface area (Å²) in [6.45, 7) is 3.39. The molecular formula is C3H4Cr. The van der Waals surface area contributed by atoms with Gasteiger partial charge in [-0.2, -0.15) is 0 Å². The normalized spacial score (nSPS) is 5.00. The summed E-state index contributed by atoms with van der Waals surface area (Å²) in [4.78, 5) is 1.76. The summed E-state index contributed by atoms with van der Waals surface area (Å²) in [5, 5.41) is 0. The number of allylic oxidation sites excluding steroid dienone is 1. The van der Waals surface area contributed by atoms with Gasteiger partial charge in [-0.05, 0) is 0 Å². The molecule has 0 aromatic rings. The molecule has 0 rings (SSSR count). The molecule has 0 amide bonds. The van der Waals surface area contributed by atoms with Crippen LogP contribution in [0, 0.1) is 0 Å². The van der Waals surface area contributed by atoms with Gasteiger partial charge in [0.2, 0.25) is 0 Å². The van der Waals surface area contributed by atoms with Crippen molar-refractivity contribution in [1.29, 1.82) is 0 Å². The van der Waals surface area contributed by atoms with E-state index < -0.39 is 0 Å². The molecule has 0 spiro atoms. The molecule has 0 heterocycles. The Balaban J connectivity index is 2.73. The molecule has 0 aliphatic rings. The topological polar surface area (TPSA) is 0 Å². The average Bonchev–Trinajstić information content (AvgIpc) is 1.37. The third-order valence-electron chi connectivity index (χ3n) is 0.0962. The number of rotatable bonds is 1. The molecule has 0 aliphatic carbocycles. The van der Waals surface area contributed by atoms with Gasteiger partial charge in [0.05, 0.1) is 0 Å². The Bertz CT molecular complexity index is 24.3. The van der Waals surface area contributed by atoms with Gasteiger partial charge >= 0.3 is 33.4 Å². The van der Waals surface area contributed by atoms with Crippen molar-refractivity contribution in [3.05, 3.63) is 12.7 Å². The van der Waals surface area contributed by atoms with E-state index in [4.69, 9.17) is 0 Å². The fourth-order valence-electron chi connectivity index (χ4n) is 0. The van der Waals surface area contributed by atoms with E-state index in [0.717, 1.165) is 0 Å². The first-order valence-electron chi connectivity index (χ1n) is 0.977. The van der Waals surface area contributed by atoms with Crippen molar-refractivity contribution in [2.45, 2.75) is 0 Å². The molecule has 0 aliphatic heterocycles. The van der Waals surface area contributed by atoms with Crippen molar-refractivity contribution < 1.29 is 15.9 Å². The van der Waals surface area contributed by atoms with E-state index in [1.54, 1.807) is 11.0 Å². The summed E-state index contributed by atoms with van der Waals surface area (Å²) in [5.74, 6) is 0. The maximum absolute atomic E-state index is 3.39. The first kappa shape index (κ1) is 4.14. The minimum absolute atomic E-state index is 1.69.